The third kappa shape index (κ3) is 3.01. The lowest BCUT2D eigenvalue weighted by atomic mass is 10.1. The molecule has 120 valence electrons. The van der Waals surface area contributed by atoms with Crippen molar-refractivity contribution >= 4 is 5.97 Å². The SMILES string of the molecule is COC(=O)[C@H](c1ccccc1F)N1CC[C@@H](N2CCCC2)C1. The summed E-state index contributed by atoms with van der Waals surface area (Å²) in [6.45, 7) is 3.88. The summed E-state index contributed by atoms with van der Waals surface area (Å²) in [5, 5.41) is 0. The zero-order chi connectivity index (χ0) is 15.5. The summed E-state index contributed by atoms with van der Waals surface area (Å²) in [6, 6.07) is 6.33. The number of benzene rings is 1. The van der Waals surface area contributed by atoms with Crippen LogP contribution in [0.15, 0.2) is 24.3 Å². The molecule has 0 N–H and O–H groups in total. The lowest BCUT2D eigenvalue weighted by Gasteiger charge is -2.28. The first-order valence-corrected chi connectivity index (χ1v) is 8.01. The fourth-order valence-electron chi connectivity index (χ4n) is 3.69. The Morgan fingerprint density at radius 3 is 2.68 bits per heavy atom. The van der Waals surface area contributed by atoms with E-state index in [4.69, 9.17) is 4.74 Å². The third-order valence-corrected chi connectivity index (χ3v) is 4.84. The van der Waals surface area contributed by atoms with Crippen LogP contribution in [0.3, 0.4) is 0 Å². The van der Waals surface area contributed by atoms with Crippen LogP contribution in [0.25, 0.3) is 0 Å². The molecule has 5 heteroatoms. The Hall–Kier alpha value is -1.46. The van der Waals surface area contributed by atoms with Crippen LogP contribution in [0.1, 0.15) is 30.9 Å². The highest BCUT2D eigenvalue weighted by atomic mass is 19.1. The van der Waals surface area contributed by atoms with Crippen molar-refractivity contribution in [3.8, 4) is 0 Å². The Labute approximate surface area is 130 Å². The fraction of sp³-hybridized carbons (Fsp3) is 0.588. The molecule has 0 aliphatic carbocycles. The number of nitrogens with zero attached hydrogens (tertiary/aromatic N) is 2. The summed E-state index contributed by atoms with van der Waals surface area (Å²) in [4.78, 5) is 16.8. The Bertz CT molecular complexity index is 531. The maximum atomic E-state index is 14.1. The van der Waals surface area contributed by atoms with Gasteiger partial charge in [0, 0.05) is 24.7 Å². The normalized spacial score (nSPS) is 24.5. The Kier molecular flexibility index (Phi) is 4.74. The predicted octanol–water partition coefficient (Wildman–Crippen LogP) is 2.21. The second kappa shape index (κ2) is 6.75. The van der Waals surface area contributed by atoms with E-state index in [1.807, 2.05) is 0 Å². The molecular weight excluding hydrogens is 283 g/mol. The molecule has 2 fully saturated rings. The van der Waals surface area contributed by atoms with Crippen molar-refractivity contribution in [2.45, 2.75) is 31.3 Å². The first kappa shape index (κ1) is 15.4. The summed E-state index contributed by atoms with van der Waals surface area (Å²) >= 11 is 0. The minimum atomic E-state index is -0.640. The number of hydrogen-bond acceptors (Lipinski definition) is 4. The molecule has 0 spiro atoms. The van der Waals surface area contributed by atoms with E-state index < -0.39 is 6.04 Å². The molecule has 0 aromatic heterocycles. The van der Waals surface area contributed by atoms with Crippen LogP contribution < -0.4 is 0 Å². The van der Waals surface area contributed by atoms with Gasteiger partial charge in [-0.15, -0.1) is 0 Å². The third-order valence-electron chi connectivity index (χ3n) is 4.84. The van der Waals surface area contributed by atoms with Gasteiger partial charge in [-0.3, -0.25) is 9.80 Å². The molecule has 2 aliphatic rings. The molecular formula is C17H23FN2O2. The molecule has 0 amide bonds. The average Bonchev–Trinajstić information content (AvgIpc) is 3.20. The summed E-state index contributed by atoms with van der Waals surface area (Å²) < 4.78 is 19.1. The standard InChI is InChI=1S/C17H23FN2O2/c1-22-17(21)16(14-6-2-3-7-15(14)18)20-11-8-13(12-20)19-9-4-5-10-19/h2-3,6-7,13,16H,4-5,8-12H2,1H3/t13-,16+/m1/s1. The van der Waals surface area contributed by atoms with Crippen molar-refractivity contribution in [1.29, 1.82) is 0 Å². The van der Waals surface area contributed by atoms with Crippen LogP contribution >= 0.6 is 0 Å². The van der Waals surface area contributed by atoms with Gasteiger partial charge in [0.2, 0.25) is 0 Å². The summed E-state index contributed by atoms with van der Waals surface area (Å²) in [5.41, 5.74) is 0.413. The van der Waals surface area contributed by atoms with Crippen LogP contribution in [-0.2, 0) is 9.53 Å². The Morgan fingerprint density at radius 2 is 2.00 bits per heavy atom. The van der Waals surface area contributed by atoms with E-state index in [-0.39, 0.29) is 11.8 Å². The first-order valence-electron chi connectivity index (χ1n) is 8.01. The van der Waals surface area contributed by atoms with E-state index in [9.17, 15) is 9.18 Å². The van der Waals surface area contributed by atoms with Gasteiger partial charge >= 0.3 is 5.97 Å². The van der Waals surface area contributed by atoms with Crippen molar-refractivity contribution in [2.75, 3.05) is 33.3 Å². The number of halogens is 1. The number of ether oxygens (including phenoxy) is 1. The second-order valence-electron chi connectivity index (χ2n) is 6.13. The van der Waals surface area contributed by atoms with Gasteiger partial charge in [-0.1, -0.05) is 18.2 Å². The van der Waals surface area contributed by atoms with E-state index in [0.717, 1.165) is 32.6 Å². The lowest BCUT2D eigenvalue weighted by molar-refractivity contribution is -0.147. The summed E-state index contributed by atoms with van der Waals surface area (Å²) in [7, 11) is 1.37. The molecule has 22 heavy (non-hydrogen) atoms. The molecule has 2 atom stereocenters. The van der Waals surface area contributed by atoms with Gasteiger partial charge in [-0.2, -0.15) is 0 Å². The Morgan fingerprint density at radius 1 is 1.27 bits per heavy atom. The minimum Gasteiger partial charge on any atom is -0.468 e. The van der Waals surface area contributed by atoms with Crippen LogP contribution in [0.2, 0.25) is 0 Å². The van der Waals surface area contributed by atoms with Gasteiger partial charge in [-0.05, 0) is 38.4 Å². The number of carbonyl (C=O) groups is 1. The molecule has 0 bridgehead atoms. The monoisotopic (exact) mass is 306 g/mol. The number of methoxy groups -OCH3 is 1. The molecule has 0 saturated carbocycles. The lowest BCUT2D eigenvalue weighted by Crippen LogP contribution is -2.38. The van der Waals surface area contributed by atoms with Crippen molar-refractivity contribution in [1.82, 2.24) is 9.80 Å². The van der Waals surface area contributed by atoms with Gasteiger partial charge in [0.05, 0.1) is 7.11 Å². The number of likely N-dealkylation sites (tertiary alicyclic amines) is 2. The smallest absolute Gasteiger partial charge is 0.327 e. The van der Waals surface area contributed by atoms with Crippen molar-refractivity contribution in [3.63, 3.8) is 0 Å². The molecule has 2 aliphatic heterocycles. The Balaban J connectivity index is 1.79. The van der Waals surface area contributed by atoms with Crippen LogP contribution in [-0.4, -0.2) is 55.1 Å². The largest absolute Gasteiger partial charge is 0.468 e. The van der Waals surface area contributed by atoms with Gasteiger partial charge in [-0.25, -0.2) is 9.18 Å². The molecule has 2 saturated heterocycles. The van der Waals surface area contributed by atoms with Crippen LogP contribution in [0.5, 0.6) is 0 Å². The predicted molar refractivity (Wildman–Crippen MR) is 81.9 cm³/mol. The van der Waals surface area contributed by atoms with E-state index in [2.05, 4.69) is 9.80 Å². The summed E-state index contributed by atoms with van der Waals surface area (Å²) in [5.74, 6) is -0.727. The van der Waals surface area contributed by atoms with E-state index >= 15 is 0 Å². The zero-order valence-electron chi connectivity index (χ0n) is 13.0. The van der Waals surface area contributed by atoms with E-state index in [1.54, 1.807) is 18.2 Å². The van der Waals surface area contributed by atoms with Gasteiger partial charge < -0.3 is 4.74 Å². The maximum absolute atomic E-state index is 14.1. The van der Waals surface area contributed by atoms with Gasteiger partial charge in [0.25, 0.3) is 0 Å². The molecule has 1 aromatic rings. The molecule has 4 nitrogen and oxygen atoms in total. The number of rotatable bonds is 4. The van der Waals surface area contributed by atoms with Crippen molar-refractivity contribution < 1.29 is 13.9 Å². The van der Waals surface area contributed by atoms with E-state index in [1.165, 1.54) is 26.0 Å². The van der Waals surface area contributed by atoms with Gasteiger partial charge in [0.15, 0.2) is 0 Å². The second-order valence-corrected chi connectivity index (χ2v) is 6.13. The van der Waals surface area contributed by atoms with Crippen LogP contribution in [0.4, 0.5) is 4.39 Å². The van der Waals surface area contributed by atoms with Crippen molar-refractivity contribution in [3.05, 3.63) is 35.6 Å². The first-order chi connectivity index (χ1) is 10.7. The average molecular weight is 306 g/mol. The molecule has 2 heterocycles. The number of carbonyl (C=O) groups excluding carboxylic acids is 1. The molecule has 3 rings (SSSR count). The highest BCUT2D eigenvalue weighted by Crippen LogP contribution is 2.30. The van der Waals surface area contributed by atoms with Gasteiger partial charge in [0.1, 0.15) is 11.9 Å². The highest BCUT2D eigenvalue weighted by Gasteiger charge is 2.37. The highest BCUT2D eigenvalue weighted by molar-refractivity contribution is 5.77. The number of hydrogen-bond donors (Lipinski definition) is 0. The van der Waals surface area contributed by atoms with Crippen LogP contribution in [0, 0.1) is 5.82 Å². The fourth-order valence-corrected chi connectivity index (χ4v) is 3.69. The minimum absolute atomic E-state index is 0.345. The molecule has 0 radical (unpaired) electrons. The molecule has 0 unspecified atom stereocenters. The van der Waals surface area contributed by atoms with E-state index in [0.29, 0.717) is 11.6 Å². The number of esters is 1. The topological polar surface area (TPSA) is 32.8 Å². The quantitative estimate of drug-likeness (QED) is 0.799. The zero-order valence-corrected chi connectivity index (χ0v) is 13.0. The summed E-state index contributed by atoms with van der Waals surface area (Å²) in [6.07, 6.45) is 3.54. The van der Waals surface area contributed by atoms with Crippen molar-refractivity contribution in [2.24, 2.45) is 0 Å². The molecule has 1 aromatic carbocycles. The maximum Gasteiger partial charge on any atom is 0.327 e.